The summed E-state index contributed by atoms with van der Waals surface area (Å²) in [5.74, 6) is 1.00. The summed E-state index contributed by atoms with van der Waals surface area (Å²) in [5.41, 5.74) is 0.987. The van der Waals surface area contributed by atoms with Crippen LogP contribution in [0.1, 0.15) is 5.56 Å². The molecular weight excluding hydrogens is 208 g/mol. The van der Waals surface area contributed by atoms with Gasteiger partial charge in [-0.1, -0.05) is 12.1 Å². The molecule has 4 heteroatoms. The second-order valence-electron chi connectivity index (χ2n) is 3.68. The van der Waals surface area contributed by atoms with Crippen molar-refractivity contribution in [3.05, 3.63) is 23.8 Å². The van der Waals surface area contributed by atoms with Crippen molar-refractivity contribution in [3.63, 3.8) is 0 Å². The number of hydrogen-bond acceptors (Lipinski definition) is 4. The lowest BCUT2D eigenvalue weighted by Gasteiger charge is -2.24. The third-order valence-corrected chi connectivity index (χ3v) is 2.71. The zero-order chi connectivity index (χ0) is 11.5. The Balaban J connectivity index is 2.25. The van der Waals surface area contributed by atoms with Crippen LogP contribution in [0.4, 0.5) is 0 Å². The van der Waals surface area contributed by atoms with Crippen molar-refractivity contribution >= 4 is 5.97 Å². The molecule has 1 atom stereocenters. The standard InChI is InChI=1S/C12H14O4/c1-14-10-5-3-4-8-6-9(12(13)15-2)7-16-11(8)10/h3-5,9H,6-7H2,1-2H3/t9-/m0/s1. The molecule has 4 nitrogen and oxygen atoms in total. The first kappa shape index (κ1) is 10.8. The summed E-state index contributed by atoms with van der Waals surface area (Å²) in [7, 11) is 2.99. The molecule has 0 N–H and O–H groups in total. The highest BCUT2D eigenvalue weighted by Crippen LogP contribution is 2.36. The van der Waals surface area contributed by atoms with Crippen LogP contribution in [0, 0.1) is 5.92 Å². The van der Waals surface area contributed by atoms with Gasteiger partial charge in [-0.05, 0) is 18.1 Å². The number of carbonyl (C=O) groups is 1. The van der Waals surface area contributed by atoms with E-state index >= 15 is 0 Å². The predicted molar refractivity (Wildman–Crippen MR) is 57.7 cm³/mol. The lowest BCUT2D eigenvalue weighted by Crippen LogP contribution is -2.29. The summed E-state index contributed by atoms with van der Waals surface area (Å²) in [6.07, 6.45) is 0.638. The number of ether oxygens (including phenoxy) is 3. The van der Waals surface area contributed by atoms with Crippen LogP contribution in [-0.4, -0.2) is 26.8 Å². The number of fused-ring (bicyclic) bond motifs is 1. The highest BCUT2D eigenvalue weighted by molar-refractivity contribution is 5.73. The molecule has 0 fully saturated rings. The minimum Gasteiger partial charge on any atom is -0.493 e. The SMILES string of the molecule is COC(=O)[C@@H]1COc2c(cccc2OC)C1. The van der Waals surface area contributed by atoms with Gasteiger partial charge < -0.3 is 14.2 Å². The predicted octanol–water partition coefficient (Wildman–Crippen LogP) is 1.42. The van der Waals surface area contributed by atoms with E-state index in [9.17, 15) is 4.79 Å². The Hall–Kier alpha value is -1.71. The largest absolute Gasteiger partial charge is 0.493 e. The molecule has 0 aliphatic carbocycles. The van der Waals surface area contributed by atoms with Gasteiger partial charge >= 0.3 is 5.97 Å². The molecule has 0 amide bonds. The fraction of sp³-hybridized carbons (Fsp3) is 0.417. The molecule has 86 valence electrons. The van der Waals surface area contributed by atoms with E-state index in [1.165, 1.54) is 7.11 Å². The van der Waals surface area contributed by atoms with Gasteiger partial charge in [0.15, 0.2) is 11.5 Å². The Morgan fingerprint density at radius 2 is 2.25 bits per heavy atom. The van der Waals surface area contributed by atoms with E-state index in [1.807, 2.05) is 18.2 Å². The van der Waals surface area contributed by atoms with E-state index in [4.69, 9.17) is 14.2 Å². The molecule has 0 bridgehead atoms. The summed E-state index contributed by atoms with van der Waals surface area (Å²) >= 11 is 0. The fourth-order valence-electron chi connectivity index (χ4n) is 1.87. The van der Waals surface area contributed by atoms with Crippen molar-refractivity contribution < 1.29 is 19.0 Å². The third-order valence-electron chi connectivity index (χ3n) is 2.71. The van der Waals surface area contributed by atoms with Gasteiger partial charge in [0.1, 0.15) is 6.61 Å². The summed E-state index contributed by atoms with van der Waals surface area (Å²) < 4.78 is 15.5. The zero-order valence-electron chi connectivity index (χ0n) is 9.36. The first-order valence-corrected chi connectivity index (χ1v) is 5.12. The molecule has 1 aromatic rings. The Labute approximate surface area is 94.1 Å². The minimum absolute atomic E-state index is 0.218. The molecular formula is C12H14O4. The average molecular weight is 222 g/mol. The monoisotopic (exact) mass is 222 g/mol. The van der Waals surface area contributed by atoms with Gasteiger partial charge in [-0.3, -0.25) is 4.79 Å². The Kier molecular flexibility index (Phi) is 2.99. The normalized spacial score (nSPS) is 18.2. The van der Waals surface area contributed by atoms with Gasteiger partial charge in [0.2, 0.25) is 0 Å². The third kappa shape index (κ3) is 1.83. The van der Waals surface area contributed by atoms with Crippen LogP contribution < -0.4 is 9.47 Å². The maximum atomic E-state index is 11.4. The molecule has 2 rings (SSSR count). The van der Waals surface area contributed by atoms with E-state index in [0.717, 1.165) is 11.3 Å². The Morgan fingerprint density at radius 3 is 2.94 bits per heavy atom. The van der Waals surface area contributed by atoms with Crippen LogP contribution in [-0.2, 0) is 16.0 Å². The maximum Gasteiger partial charge on any atom is 0.312 e. The molecule has 16 heavy (non-hydrogen) atoms. The van der Waals surface area contributed by atoms with Crippen molar-refractivity contribution in [1.29, 1.82) is 0 Å². The van der Waals surface area contributed by atoms with Gasteiger partial charge in [-0.2, -0.15) is 0 Å². The van der Waals surface area contributed by atoms with E-state index in [2.05, 4.69) is 0 Å². The number of para-hydroxylation sites is 1. The summed E-state index contributed by atoms with van der Waals surface area (Å²) in [5, 5.41) is 0. The maximum absolute atomic E-state index is 11.4. The molecule has 0 spiro atoms. The molecule has 1 aliphatic heterocycles. The van der Waals surface area contributed by atoms with Gasteiger partial charge in [0.05, 0.1) is 20.1 Å². The lowest BCUT2D eigenvalue weighted by atomic mass is 9.96. The van der Waals surface area contributed by atoms with Crippen LogP contribution in [0.3, 0.4) is 0 Å². The molecule has 1 heterocycles. The van der Waals surface area contributed by atoms with Crippen molar-refractivity contribution in [2.45, 2.75) is 6.42 Å². The first-order chi connectivity index (χ1) is 7.76. The highest BCUT2D eigenvalue weighted by atomic mass is 16.5. The molecule has 0 saturated carbocycles. The van der Waals surface area contributed by atoms with Gasteiger partial charge in [0.25, 0.3) is 0 Å². The number of benzene rings is 1. The van der Waals surface area contributed by atoms with Crippen LogP contribution >= 0.6 is 0 Å². The summed E-state index contributed by atoms with van der Waals surface area (Å²) in [4.78, 5) is 11.4. The molecule has 0 radical (unpaired) electrons. The van der Waals surface area contributed by atoms with Gasteiger partial charge in [-0.25, -0.2) is 0 Å². The number of methoxy groups -OCH3 is 2. The lowest BCUT2D eigenvalue weighted by molar-refractivity contribution is -0.146. The van der Waals surface area contributed by atoms with Gasteiger partial charge in [0, 0.05) is 0 Å². The molecule has 1 aromatic carbocycles. The number of esters is 1. The van der Waals surface area contributed by atoms with Crippen LogP contribution in [0.5, 0.6) is 11.5 Å². The zero-order valence-corrected chi connectivity index (χ0v) is 9.36. The second-order valence-corrected chi connectivity index (χ2v) is 3.68. The van der Waals surface area contributed by atoms with Crippen molar-refractivity contribution in [2.75, 3.05) is 20.8 Å². The first-order valence-electron chi connectivity index (χ1n) is 5.12. The number of rotatable bonds is 2. The van der Waals surface area contributed by atoms with Crippen molar-refractivity contribution in [1.82, 2.24) is 0 Å². The molecule has 0 saturated heterocycles. The smallest absolute Gasteiger partial charge is 0.312 e. The van der Waals surface area contributed by atoms with Crippen LogP contribution in [0.2, 0.25) is 0 Å². The summed E-state index contributed by atoms with van der Waals surface area (Å²) in [6, 6.07) is 5.67. The van der Waals surface area contributed by atoms with E-state index in [0.29, 0.717) is 18.8 Å². The van der Waals surface area contributed by atoms with E-state index in [1.54, 1.807) is 7.11 Å². The van der Waals surface area contributed by atoms with E-state index in [-0.39, 0.29) is 11.9 Å². The molecule has 1 aliphatic rings. The van der Waals surface area contributed by atoms with Crippen LogP contribution in [0.25, 0.3) is 0 Å². The van der Waals surface area contributed by atoms with Gasteiger partial charge in [-0.15, -0.1) is 0 Å². The topological polar surface area (TPSA) is 44.8 Å². The number of carbonyl (C=O) groups excluding carboxylic acids is 1. The molecule has 0 unspecified atom stereocenters. The van der Waals surface area contributed by atoms with E-state index < -0.39 is 0 Å². The number of hydrogen-bond donors (Lipinski definition) is 0. The van der Waals surface area contributed by atoms with Crippen molar-refractivity contribution in [2.24, 2.45) is 5.92 Å². The minimum atomic E-state index is -0.228. The van der Waals surface area contributed by atoms with Crippen LogP contribution in [0.15, 0.2) is 18.2 Å². The fourth-order valence-corrected chi connectivity index (χ4v) is 1.87. The molecule has 0 aromatic heterocycles. The Bertz CT molecular complexity index is 400. The average Bonchev–Trinajstić information content (AvgIpc) is 2.36. The second kappa shape index (κ2) is 4.43. The van der Waals surface area contributed by atoms with Crippen molar-refractivity contribution in [3.8, 4) is 11.5 Å². The summed E-state index contributed by atoms with van der Waals surface area (Å²) in [6.45, 7) is 0.347. The highest BCUT2D eigenvalue weighted by Gasteiger charge is 2.28. The quantitative estimate of drug-likeness (QED) is 0.710. The Morgan fingerprint density at radius 1 is 1.44 bits per heavy atom.